The van der Waals surface area contributed by atoms with Crippen LogP contribution >= 0.6 is 0 Å². The van der Waals surface area contributed by atoms with Gasteiger partial charge < -0.3 is 0 Å². The van der Waals surface area contributed by atoms with Gasteiger partial charge in [0.05, 0.1) is 5.56 Å². The number of rotatable bonds is 7. The van der Waals surface area contributed by atoms with E-state index in [0.717, 1.165) is 32.3 Å². The third kappa shape index (κ3) is 5.83. The van der Waals surface area contributed by atoms with Crippen molar-refractivity contribution in [2.45, 2.75) is 75.2 Å². The van der Waals surface area contributed by atoms with Crippen molar-refractivity contribution in [1.29, 1.82) is 0 Å². The molecule has 0 aliphatic rings. The van der Waals surface area contributed by atoms with Gasteiger partial charge in [0, 0.05) is 11.8 Å². The van der Waals surface area contributed by atoms with E-state index in [2.05, 4.69) is 17.5 Å². The second kappa shape index (κ2) is 11.7. The van der Waals surface area contributed by atoms with E-state index in [4.69, 9.17) is 0 Å². The molecule has 0 aliphatic carbocycles. The minimum atomic E-state index is -6.95. The fourth-order valence-corrected chi connectivity index (χ4v) is 10.6. The molecule has 0 N–H and O–H groups in total. The highest BCUT2D eigenvalue weighted by Gasteiger charge is 2.81. The summed E-state index contributed by atoms with van der Waals surface area (Å²) in [4.78, 5) is 0. The summed E-state index contributed by atoms with van der Waals surface area (Å²) < 4.78 is 138. The Morgan fingerprint density at radius 3 is 1.55 bits per heavy atom. The van der Waals surface area contributed by atoms with Crippen molar-refractivity contribution in [3.8, 4) is 11.5 Å². The maximum absolute atomic E-state index is 16.0. The van der Waals surface area contributed by atoms with Crippen molar-refractivity contribution in [3.63, 3.8) is 0 Å². The molecule has 47 heavy (non-hydrogen) atoms. The van der Waals surface area contributed by atoms with Gasteiger partial charge in [0.15, 0.2) is 0 Å². The number of benzene rings is 5. The highest BCUT2D eigenvalue weighted by Crippen LogP contribution is 2.55. The van der Waals surface area contributed by atoms with Crippen LogP contribution in [0.2, 0.25) is 17.1 Å². The molecule has 0 atom stereocenters. The third-order valence-corrected chi connectivity index (χ3v) is 15.1. The van der Waals surface area contributed by atoms with E-state index >= 15 is 4.39 Å². The summed E-state index contributed by atoms with van der Waals surface area (Å²) in [5.41, 5.74) is 1.78. The van der Waals surface area contributed by atoms with Crippen molar-refractivity contribution < 1.29 is 43.9 Å². The zero-order valence-corrected chi connectivity index (χ0v) is 26.8. The van der Waals surface area contributed by atoms with Crippen LogP contribution in [0.15, 0.2) is 72.8 Å². The molecule has 0 saturated carbocycles. The molecular formula is C36H30F10Si. The number of fused-ring (bicyclic) bond motifs is 4. The van der Waals surface area contributed by atoms with E-state index in [9.17, 15) is 39.5 Å². The van der Waals surface area contributed by atoms with Crippen LogP contribution in [-0.2, 0) is 0 Å². The molecule has 0 amide bonds. The topological polar surface area (TPSA) is 0 Å². The minimum absolute atomic E-state index is 0.0810. The highest BCUT2D eigenvalue weighted by molar-refractivity contribution is 6.89. The predicted octanol–water partition coefficient (Wildman–Crippen LogP) is 12.5. The van der Waals surface area contributed by atoms with Crippen LogP contribution in [-0.4, -0.2) is 32.0 Å². The molecule has 0 aliphatic heterocycles. The average molecular weight is 681 g/mol. The minimum Gasteiger partial charge on any atom is -0.205 e. The molecular weight excluding hydrogens is 650 g/mol. The molecule has 11 heteroatoms. The SMILES string of the molecule is CC(C)[Si](C#Cc1ccc2cc3cc4cc5ccccc5cc4cc3cc2c1F)(CCC(F)(F)C(F)(F)C(F)(F)C(F)(F)F)C(C)C. The number of halogens is 10. The monoisotopic (exact) mass is 680 g/mol. The van der Waals surface area contributed by atoms with Crippen LogP contribution in [0.4, 0.5) is 43.9 Å². The zero-order valence-electron chi connectivity index (χ0n) is 25.8. The van der Waals surface area contributed by atoms with E-state index in [-0.39, 0.29) is 10.9 Å². The average Bonchev–Trinajstić information content (AvgIpc) is 2.98. The van der Waals surface area contributed by atoms with E-state index in [1.165, 1.54) is 6.07 Å². The lowest BCUT2D eigenvalue weighted by atomic mass is 9.96. The van der Waals surface area contributed by atoms with E-state index in [1.807, 2.05) is 48.5 Å². The maximum Gasteiger partial charge on any atom is 0.460 e. The highest BCUT2D eigenvalue weighted by atomic mass is 28.3. The summed E-state index contributed by atoms with van der Waals surface area (Å²) in [6.07, 6.45) is -8.83. The Morgan fingerprint density at radius 1 is 0.596 bits per heavy atom. The van der Waals surface area contributed by atoms with E-state index < -0.39 is 61.4 Å². The first-order chi connectivity index (χ1) is 21.7. The van der Waals surface area contributed by atoms with Crippen LogP contribution in [0.25, 0.3) is 43.1 Å². The largest absolute Gasteiger partial charge is 0.460 e. The first-order valence-corrected chi connectivity index (χ1v) is 17.3. The third-order valence-electron chi connectivity index (χ3n) is 9.28. The fraction of sp³-hybridized carbons (Fsp3) is 0.333. The van der Waals surface area contributed by atoms with Crippen molar-refractivity contribution in [3.05, 3.63) is 84.2 Å². The Kier molecular flexibility index (Phi) is 8.62. The molecule has 5 aromatic carbocycles. The molecule has 0 heterocycles. The normalized spacial score (nSPS) is 13.7. The zero-order chi connectivity index (χ0) is 34.7. The summed E-state index contributed by atoms with van der Waals surface area (Å²) in [6, 6.07) is 21.7. The lowest BCUT2D eigenvalue weighted by molar-refractivity contribution is -0.396. The van der Waals surface area contributed by atoms with Gasteiger partial charge in [-0.2, -0.15) is 39.5 Å². The Balaban J connectivity index is 1.54. The van der Waals surface area contributed by atoms with Gasteiger partial charge in [-0.15, -0.1) is 5.54 Å². The standard InChI is InChI=1S/C36H30F10Si/c1-21(2)47(22(3)4,14-12-33(38,39)34(40,41)35(42,43)36(44,45)46)13-11-23-9-10-26-17-29-18-27-15-24-7-5-6-8-25(24)16-28(27)19-30(29)20-31(26)32(23)37/h5-10,15-22H,12,14H2,1-4H3. The second-order valence-corrected chi connectivity index (χ2v) is 17.8. The van der Waals surface area contributed by atoms with Gasteiger partial charge in [-0.05, 0) is 97.3 Å². The summed E-state index contributed by atoms with van der Waals surface area (Å²) in [7, 11) is -3.48. The van der Waals surface area contributed by atoms with Crippen molar-refractivity contribution in [2.75, 3.05) is 0 Å². The summed E-state index contributed by atoms with van der Waals surface area (Å²) in [6.45, 7) is 6.38. The molecule has 0 radical (unpaired) electrons. The van der Waals surface area contributed by atoms with E-state index in [0.29, 0.717) is 5.39 Å². The van der Waals surface area contributed by atoms with E-state index in [1.54, 1.807) is 39.8 Å². The maximum atomic E-state index is 16.0. The lowest BCUT2D eigenvalue weighted by Gasteiger charge is -2.38. The molecule has 0 aromatic heterocycles. The summed E-state index contributed by atoms with van der Waals surface area (Å²) in [5, 5.41) is 6.53. The Morgan fingerprint density at radius 2 is 1.06 bits per heavy atom. The Bertz CT molecular complexity index is 2040. The van der Waals surface area contributed by atoms with Gasteiger partial charge >= 0.3 is 23.9 Å². The van der Waals surface area contributed by atoms with Gasteiger partial charge in [-0.3, -0.25) is 0 Å². The Labute approximate surface area is 265 Å². The molecule has 248 valence electrons. The molecule has 0 saturated heterocycles. The number of hydrogen-bond donors (Lipinski definition) is 0. The van der Waals surface area contributed by atoms with Gasteiger partial charge in [0.2, 0.25) is 0 Å². The van der Waals surface area contributed by atoms with Gasteiger partial charge in [0.25, 0.3) is 0 Å². The van der Waals surface area contributed by atoms with Crippen molar-refractivity contribution >= 4 is 51.2 Å². The number of alkyl halides is 9. The first-order valence-electron chi connectivity index (χ1n) is 14.9. The molecule has 0 spiro atoms. The van der Waals surface area contributed by atoms with Gasteiger partial charge in [0.1, 0.15) is 13.9 Å². The Hall–Kier alpha value is -3.78. The first kappa shape index (κ1) is 34.5. The molecule has 5 rings (SSSR count). The van der Waals surface area contributed by atoms with Crippen molar-refractivity contribution in [2.24, 2.45) is 0 Å². The van der Waals surface area contributed by atoms with Crippen LogP contribution in [0.3, 0.4) is 0 Å². The number of hydrogen-bond acceptors (Lipinski definition) is 0. The summed E-state index contributed by atoms with van der Waals surface area (Å²) in [5.74, 6) is -17.3. The van der Waals surface area contributed by atoms with Crippen LogP contribution in [0, 0.1) is 17.3 Å². The fourth-order valence-electron chi connectivity index (χ4n) is 6.28. The second-order valence-electron chi connectivity index (χ2n) is 12.7. The molecule has 0 fully saturated rings. The molecule has 0 bridgehead atoms. The quantitative estimate of drug-likeness (QED) is 0.0695. The van der Waals surface area contributed by atoms with Crippen LogP contribution in [0.5, 0.6) is 0 Å². The molecule has 0 nitrogen and oxygen atoms in total. The lowest BCUT2D eigenvalue weighted by Crippen LogP contribution is -2.61. The van der Waals surface area contributed by atoms with Crippen molar-refractivity contribution in [1.82, 2.24) is 0 Å². The predicted molar refractivity (Wildman–Crippen MR) is 170 cm³/mol. The molecule has 0 unspecified atom stereocenters. The smallest absolute Gasteiger partial charge is 0.205 e. The van der Waals surface area contributed by atoms with Crippen LogP contribution < -0.4 is 0 Å². The van der Waals surface area contributed by atoms with Crippen LogP contribution in [0.1, 0.15) is 39.7 Å². The van der Waals surface area contributed by atoms with Gasteiger partial charge in [-0.25, -0.2) is 4.39 Å². The summed E-state index contributed by atoms with van der Waals surface area (Å²) >= 11 is 0. The molecule has 5 aromatic rings. The van der Waals surface area contributed by atoms with Gasteiger partial charge in [-0.1, -0.05) is 63.9 Å².